The average Bonchev–Trinajstić information content (AvgIpc) is 3.39. The van der Waals surface area contributed by atoms with Crippen molar-refractivity contribution in [3.63, 3.8) is 0 Å². The summed E-state index contributed by atoms with van der Waals surface area (Å²) in [6, 6.07) is 24.0. The van der Waals surface area contributed by atoms with Crippen LogP contribution in [-0.4, -0.2) is 40.5 Å². The zero-order valence-electron chi connectivity index (χ0n) is 23.0. The van der Waals surface area contributed by atoms with Crippen molar-refractivity contribution in [2.45, 2.75) is 39.8 Å². The minimum absolute atomic E-state index is 0.0970. The van der Waals surface area contributed by atoms with Gasteiger partial charge in [0.25, 0.3) is 0 Å². The van der Waals surface area contributed by atoms with Gasteiger partial charge in [-0.05, 0) is 53.3 Å². The first-order valence-corrected chi connectivity index (χ1v) is 14.5. The van der Waals surface area contributed by atoms with Gasteiger partial charge in [-0.15, -0.1) is 11.3 Å². The molecule has 0 aliphatic heterocycles. The number of carboxylic acid groups (broad SMARTS) is 1. The predicted octanol–water partition coefficient (Wildman–Crippen LogP) is 6.95. The molecular formula is C32H34ClN3O3S. The summed E-state index contributed by atoms with van der Waals surface area (Å²) in [6.07, 6.45) is 1.19. The fourth-order valence-electron chi connectivity index (χ4n) is 4.47. The van der Waals surface area contributed by atoms with Crippen molar-refractivity contribution in [1.82, 2.24) is 9.88 Å². The van der Waals surface area contributed by atoms with Crippen LogP contribution >= 0.6 is 22.9 Å². The highest BCUT2D eigenvalue weighted by Gasteiger charge is 2.19. The third-order valence-corrected chi connectivity index (χ3v) is 7.60. The van der Waals surface area contributed by atoms with E-state index in [1.54, 1.807) is 24.3 Å². The van der Waals surface area contributed by atoms with Gasteiger partial charge in [-0.1, -0.05) is 74.0 Å². The maximum absolute atomic E-state index is 12.9. The van der Waals surface area contributed by atoms with Crippen molar-refractivity contribution >= 4 is 40.5 Å². The number of aliphatic carboxylic acids is 1. The minimum atomic E-state index is -1.06. The highest BCUT2D eigenvalue weighted by atomic mass is 35.5. The third kappa shape index (κ3) is 8.41. The van der Waals surface area contributed by atoms with Crippen molar-refractivity contribution in [3.8, 4) is 11.3 Å². The Morgan fingerprint density at radius 3 is 2.15 bits per heavy atom. The fraction of sp³-hybridized carbons (Fsp3) is 0.281. The molecule has 0 spiro atoms. The van der Waals surface area contributed by atoms with Gasteiger partial charge in [-0.2, -0.15) is 0 Å². The van der Waals surface area contributed by atoms with Crippen LogP contribution in [0.1, 0.15) is 35.5 Å². The summed E-state index contributed by atoms with van der Waals surface area (Å²) < 4.78 is 0. The van der Waals surface area contributed by atoms with Gasteiger partial charge in [0.1, 0.15) is 11.6 Å². The molecule has 0 saturated carbocycles. The molecule has 4 aromatic rings. The number of carbonyl (C=O) groups excluding carboxylic acids is 1. The summed E-state index contributed by atoms with van der Waals surface area (Å²) in [4.78, 5) is 32.6. The lowest BCUT2D eigenvalue weighted by Gasteiger charge is -2.20. The topological polar surface area (TPSA) is 73.7 Å². The van der Waals surface area contributed by atoms with Gasteiger partial charge in [0.15, 0.2) is 0 Å². The van der Waals surface area contributed by atoms with Crippen LogP contribution in [0.5, 0.6) is 0 Å². The van der Waals surface area contributed by atoms with Crippen LogP contribution in [-0.2, 0) is 35.5 Å². The van der Waals surface area contributed by atoms with Crippen LogP contribution in [0.25, 0.3) is 11.3 Å². The lowest BCUT2D eigenvalue weighted by atomic mass is 10.0. The van der Waals surface area contributed by atoms with Crippen molar-refractivity contribution in [1.29, 1.82) is 0 Å². The largest absolute Gasteiger partial charge is 0.480 e. The molecule has 40 heavy (non-hydrogen) atoms. The van der Waals surface area contributed by atoms with Gasteiger partial charge in [0.2, 0.25) is 5.91 Å². The molecule has 1 heterocycles. The van der Waals surface area contributed by atoms with Crippen molar-refractivity contribution < 1.29 is 14.7 Å². The highest BCUT2D eigenvalue weighted by molar-refractivity contribution is 7.09. The van der Waals surface area contributed by atoms with Crippen LogP contribution in [0.4, 0.5) is 5.69 Å². The number of hydrogen-bond donors (Lipinski definition) is 1. The van der Waals surface area contributed by atoms with Crippen molar-refractivity contribution in [2.24, 2.45) is 5.92 Å². The molecule has 1 amide bonds. The average molecular weight is 576 g/mol. The van der Waals surface area contributed by atoms with E-state index in [1.807, 2.05) is 17.5 Å². The Hall–Kier alpha value is -3.68. The van der Waals surface area contributed by atoms with E-state index in [0.717, 1.165) is 35.5 Å². The summed E-state index contributed by atoms with van der Waals surface area (Å²) in [6.45, 7) is 5.03. The van der Waals surface area contributed by atoms with Gasteiger partial charge in [-0.25, -0.2) is 4.98 Å². The summed E-state index contributed by atoms with van der Waals surface area (Å²) in [5, 5.41) is 12.6. The van der Waals surface area contributed by atoms with E-state index in [0.29, 0.717) is 15.9 Å². The van der Waals surface area contributed by atoms with Crippen molar-refractivity contribution in [2.75, 3.05) is 18.5 Å². The SMILES string of the molecule is CC(C)Cc1ccc(CN(C)c2ccc(-c3csc(CN(CC(=O)O)C(=O)Cc4ccc(Cl)cc4)n3)cc2)cc1. The van der Waals surface area contributed by atoms with Crippen LogP contribution < -0.4 is 4.90 Å². The molecule has 6 nitrogen and oxygen atoms in total. The number of carboxylic acids is 1. The molecule has 0 radical (unpaired) electrons. The number of halogens is 1. The lowest BCUT2D eigenvalue weighted by Crippen LogP contribution is -2.36. The quantitative estimate of drug-likeness (QED) is 0.198. The molecule has 8 heteroatoms. The standard InChI is InChI=1S/C32H34ClN3O3S/c1-22(2)16-23-4-6-25(7-5-23)18-35(3)28-14-10-26(11-15-28)29-21-40-30(34-29)19-36(20-32(38)39)31(37)17-24-8-12-27(33)13-9-24/h4-15,21-22H,16-20H2,1-3H3,(H,38,39). The molecule has 0 saturated heterocycles. The Bertz CT molecular complexity index is 1420. The third-order valence-electron chi connectivity index (χ3n) is 6.52. The number of anilines is 1. The molecular weight excluding hydrogens is 542 g/mol. The number of rotatable bonds is 12. The number of nitrogens with zero attached hydrogens (tertiary/aromatic N) is 3. The van der Waals surface area contributed by atoms with Crippen LogP contribution in [0.2, 0.25) is 5.02 Å². The zero-order chi connectivity index (χ0) is 28.6. The molecule has 0 aliphatic rings. The highest BCUT2D eigenvalue weighted by Crippen LogP contribution is 2.26. The van der Waals surface area contributed by atoms with Crippen LogP contribution in [0, 0.1) is 5.92 Å². The molecule has 1 aromatic heterocycles. The lowest BCUT2D eigenvalue weighted by molar-refractivity contribution is -0.144. The first-order valence-electron chi connectivity index (χ1n) is 13.2. The zero-order valence-corrected chi connectivity index (χ0v) is 24.6. The molecule has 0 fully saturated rings. The first kappa shape index (κ1) is 29.3. The Kier molecular flexibility index (Phi) is 9.96. The second-order valence-corrected chi connectivity index (χ2v) is 11.8. The van der Waals surface area contributed by atoms with E-state index in [1.165, 1.54) is 27.4 Å². The number of aromatic nitrogens is 1. The van der Waals surface area contributed by atoms with E-state index >= 15 is 0 Å². The summed E-state index contributed by atoms with van der Waals surface area (Å²) in [5.74, 6) is -0.692. The number of amides is 1. The van der Waals surface area contributed by atoms with E-state index in [-0.39, 0.29) is 25.4 Å². The molecule has 0 bridgehead atoms. The van der Waals surface area contributed by atoms with Gasteiger partial charge in [-0.3, -0.25) is 9.59 Å². The minimum Gasteiger partial charge on any atom is -0.480 e. The van der Waals surface area contributed by atoms with Crippen LogP contribution in [0.15, 0.2) is 78.2 Å². The summed E-state index contributed by atoms with van der Waals surface area (Å²) in [5.41, 5.74) is 6.28. The Morgan fingerprint density at radius 2 is 1.52 bits per heavy atom. The van der Waals surface area contributed by atoms with E-state index in [2.05, 4.69) is 62.2 Å². The summed E-state index contributed by atoms with van der Waals surface area (Å²) >= 11 is 7.35. The number of benzene rings is 3. The molecule has 0 unspecified atom stereocenters. The first-order chi connectivity index (χ1) is 19.2. The second kappa shape index (κ2) is 13.6. The molecule has 0 aliphatic carbocycles. The Morgan fingerprint density at radius 1 is 0.900 bits per heavy atom. The van der Waals surface area contributed by atoms with Crippen molar-refractivity contribution in [3.05, 3.63) is 105 Å². The molecule has 1 N–H and O–H groups in total. The van der Waals surface area contributed by atoms with E-state index < -0.39 is 5.97 Å². The smallest absolute Gasteiger partial charge is 0.323 e. The molecule has 3 aromatic carbocycles. The number of carbonyl (C=O) groups is 2. The van der Waals surface area contributed by atoms with E-state index in [4.69, 9.17) is 16.6 Å². The number of hydrogen-bond acceptors (Lipinski definition) is 5. The second-order valence-electron chi connectivity index (χ2n) is 10.4. The summed E-state index contributed by atoms with van der Waals surface area (Å²) in [7, 11) is 2.08. The maximum Gasteiger partial charge on any atom is 0.323 e. The monoisotopic (exact) mass is 575 g/mol. The van der Waals surface area contributed by atoms with Gasteiger partial charge < -0.3 is 14.9 Å². The fourth-order valence-corrected chi connectivity index (χ4v) is 5.41. The van der Waals surface area contributed by atoms with E-state index in [9.17, 15) is 14.7 Å². The Labute approximate surface area is 244 Å². The van der Waals surface area contributed by atoms with Gasteiger partial charge in [0, 0.05) is 35.2 Å². The number of thiazole rings is 1. The molecule has 0 atom stereocenters. The van der Waals surface area contributed by atoms with Crippen LogP contribution in [0.3, 0.4) is 0 Å². The maximum atomic E-state index is 12.9. The van der Waals surface area contributed by atoms with Gasteiger partial charge in [0.05, 0.1) is 18.7 Å². The Balaban J connectivity index is 1.38. The predicted molar refractivity (Wildman–Crippen MR) is 163 cm³/mol. The van der Waals surface area contributed by atoms with Gasteiger partial charge >= 0.3 is 5.97 Å². The normalized spacial score (nSPS) is 11.0. The molecule has 208 valence electrons. The molecule has 4 rings (SSSR count).